The van der Waals surface area contributed by atoms with Crippen LogP contribution in [0.1, 0.15) is 17.1 Å². The molecule has 9 heteroatoms. The summed E-state index contributed by atoms with van der Waals surface area (Å²) in [4.78, 5) is 23.9. The summed E-state index contributed by atoms with van der Waals surface area (Å²) in [6, 6.07) is 13.5. The van der Waals surface area contributed by atoms with Crippen LogP contribution in [-0.4, -0.2) is 19.8 Å². The standard InChI is InChI=1S/C20H15N3O4S2/c1-12-6-7-13(2)21(12)22-19(24)18(29-20(22)28)11-16-8-9-17(27-16)14-4-3-5-15(10-14)23(25)26/h3-11H,1-2H3/b18-11+. The molecule has 1 saturated heterocycles. The van der Waals surface area contributed by atoms with Gasteiger partial charge in [-0.2, -0.15) is 5.01 Å². The summed E-state index contributed by atoms with van der Waals surface area (Å²) in [5.41, 5.74) is 2.39. The van der Waals surface area contributed by atoms with Crippen LogP contribution in [0.25, 0.3) is 17.4 Å². The maximum Gasteiger partial charge on any atom is 0.285 e. The van der Waals surface area contributed by atoms with Crippen LogP contribution in [0.2, 0.25) is 0 Å². The molecule has 2 aromatic heterocycles. The molecule has 3 aromatic rings. The van der Waals surface area contributed by atoms with Gasteiger partial charge in [-0.15, -0.1) is 0 Å². The molecule has 1 aromatic carbocycles. The normalized spacial score (nSPS) is 15.5. The number of non-ortho nitro benzene ring substituents is 1. The predicted octanol–water partition coefficient (Wildman–Crippen LogP) is 4.81. The molecule has 0 bridgehead atoms. The van der Waals surface area contributed by atoms with E-state index in [0.717, 1.165) is 11.4 Å². The number of nitro benzene ring substituents is 1. The van der Waals surface area contributed by atoms with Crippen molar-refractivity contribution in [3.8, 4) is 11.3 Å². The molecule has 0 saturated carbocycles. The Bertz CT molecular complexity index is 1170. The third kappa shape index (κ3) is 3.50. The Kier molecular flexibility index (Phi) is 4.85. The summed E-state index contributed by atoms with van der Waals surface area (Å²) < 4.78 is 8.02. The summed E-state index contributed by atoms with van der Waals surface area (Å²) in [6.07, 6.45) is 1.63. The van der Waals surface area contributed by atoms with E-state index >= 15 is 0 Å². The molecule has 146 valence electrons. The van der Waals surface area contributed by atoms with Crippen LogP contribution in [-0.2, 0) is 4.79 Å². The summed E-state index contributed by atoms with van der Waals surface area (Å²) in [7, 11) is 0. The molecule has 0 spiro atoms. The summed E-state index contributed by atoms with van der Waals surface area (Å²) in [6.45, 7) is 3.82. The highest BCUT2D eigenvalue weighted by molar-refractivity contribution is 8.27. The van der Waals surface area contributed by atoms with Gasteiger partial charge < -0.3 is 4.42 Å². The van der Waals surface area contributed by atoms with Gasteiger partial charge in [-0.25, -0.2) is 0 Å². The SMILES string of the molecule is Cc1ccc(C)n1N1C(=O)/C(=C\c2ccc(-c3cccc([N+](=O)[O-])c3)o2)SC1=S. The topological polar surface area (TPSA) is 81.5 Å². The Hall–Kier alpha value is -3.17. The van der Waals surface area contributed by atoms with Crippen LogP contribution in [0.5, 0.6) is 0 Å². The van der Waals surface area contributed by atoms with Gasteiger partial charge in [0.15, 0.2) is 4.32 Å². The van der Waals surface area contributed by atoms with E-state index in [0.29, 0.717) is 26.3 Å². The molecule has 0 aliphatic carbocycles. The van der Waals surface area contributed by atoms with Crippen molar-refractivity contribution in [2.75, 3.05) is 5.01 Å². The molecule has 1 amide bonds. The second-order valence-corrected chi connectivity index (χ2v) is 8.11. The first-order valence-electron chi connectivity index (χ1n) is 8.63. The van der Waals surface area contributed by atoms with Crippen LogP contribution in [0.15, 0.2) is 57.9 Å². The van der Waals surface area contributed by atoms with E-state index in [1.165, 1.54) is 28.9 Å². The highest BCUT2D eigenvalue weighted by atomic mass is 32.2. The number of thiocarbonyl (C=S) groups is 1. The Balaban J connectivity index is 1.63. The number of furan rings is 1. The lowest BCUT2D eigenvalue weighted by Crippen LogP contribution is -2.39. The van der Waals surface area contributed by atoms with Crippen molar-refractivity contribution in [1.29, 1.82) is 0 Å². The monoisotopic (exact) mass is 425 g/mol. The number of carbonyl (C=O) groups excluding carboxylic acids is 1. The van der Waals surface area contributed by atoms with Gasteiger partial charge in [0, 0.05) is 35.2 Å². The molecule has 3 heterocycles. The molecule has 1 fully saturated rings. The molecule has 1 aliphatic rings. The van der Waals surface area contributed by atoms with Crippen molar-refractivity contribution < 1.29 is 14.1 Å². The Morgan fingerprint density at radius 1 is 1.14 bits per heavy atom. The van der Waals surface area contributed by atoms with E-state index in [2.05, 4.69) is 0 Å². The fourth-order valence-corrected chi connectivity index (χ4v) is 4.32. The van der Waals surface area contributed by atoms with E-state index in [1.807, 2.05) is 26.0 Å². The minimum Gasteiger partial charge on any atom is -0.457 e. The average Bonchev–Trinajstić information content (AvgIpc) is 3.36. The molecule has 1 aliphatic heterocycles. The molecule has 0 atom stereocenters. The van der Waals surface area contributed by atoms with Crippen LogP contribution in [0.3, 0.4) is 0 Å². The molecule has 0 N–H and O–H groups in total. The maximum atomic E-state index is 12.9. The Labute approximate surface area is 175 Å². The van der Waals surface area contributed by atoms with Crippen molar-refractivity contribution in [2.24, 2.45) is 0 Å². The van der Waals surface area contributed by atoms with E-state index in [9.17, 15) is 14.9 Å². The van der Waals surface area contributed by atoms with Gasteiger partial charge >= 0.3 is 0 Å². The number of aromatic nitrogens is 1. The van der Waals surface area contributed by atoms with Crippen LogP contribution >= 0.6 is 24.0 Å². The highest BCUT2D eigenvalue weighted by Gasteiger charge is 2.35. The fraction of sp³-hybridized carbons (Fsp3) is 0.100. The number of amides is 1. The van der Waals surface area contributed by atoms with Crippen LogP contribution in [0.4, 0.5) is 5.69 Å². The second kappa shape index (κ2) is 7.34. The van der Waals surface area contributed by atoms with Gasteiger partial charge in [-0.05, 0) is 50.3 Å². The van der Waals surface area contributed by atoms with Crippen molar-refractivity contribution in [3.05, 3.63) is 80.7 Å². The minimum absolute atomic E-state index is 0.0150. The first kappa shape index (κ1) is 19.2. The maximum absolute atomic E-state index is 12.9. The largest absolute Gasteiger partial charge is 0.457 e. The number of thioether (sulfide) groups is 1. The van der Waals surface area contributed by atoms with Crippen molar-refractivity contribution in [1.82, 2.24) is 4.68 Å². The Morgan fingerprint density at radius 2 is 1.86 bits per heavy atom. The molecule has 7 nitrogen and oxygen atoms in total. The number of hydrogen-bond acceptors (Lipinski definition) is 6. The zero-order valence-corrected chi connectivity index (χ0v) is 17.1. The zero-order chi connectivity index (χ0) is 20.7. The lowest BCUT2D eigenvalue weighted by Gasteiger charge is -2.20. The van der Waals surface area contributed by atoms with Crippen molar-refractivity contribution >= 4 is 46.0 Å². The van der Waals surface area contributed by atoms with Gasteiger partial charge in [-0.1, -0.05) is 23.9 Å². The van der Waals surface area contributed by atoms with Gasteiger partial charge in [-0.3, -0.25) is 19.6 Å². The van der Waals surface area contributed by atoms with Crippen LogP contribution < -0.4 is 5.01 Å². The van der Waals surface area contributed by atoms with E-state index in [1.54, 1.807) is 35.0 Å². The molecule has 29 heavy (non-hydrogen) atoms. The van der Waals surface area contributed by atoms with Gasteiger partial charge in [0.2, 0.25) is 0 Å². The van der Waals surface area contributed by atoms with E-state index < -0.39 is 4.92 Å². The van der Waals surface area contributed by atoms with Crippen molar-refractivity contribution in [2.45, 2.75) is 13.8 Å². The third-order valence-electron chi connectivity index (χ3n) is 4.45. The molecule has 0 unspecified atom stereocenters. The number of nitro groups is 1. The van der Waals surface area contributed by atoms with Crippen molar-refractivity contribution in [3.63, 3.8) is 0 Å². The fourth-order valence-electron chi connectivity index (χ4n) is 3.10. The molecular weight excluding hydrogens is 410 g/mol. The van der Waals surface area contributed by atoms with E-state index in [-0.39, 0.29) is 11.6 Å². The van der Waals surface area contributed by atoms with E-state index in [4.69, 9.17) is 16.6 Å². The van der Waals surface area contributed by atoms with Gasteiger partial charge in [0.1, 0.15) is 11.5 Å². The summed E-state index contributed by atoms with van der Waals surface area (Å²) in [5, 5.41) is 12.4. The number of nitrogens with zero attached hydrogens (tertiary/aromatic N) is 3. The number of benzene rings is 1. The van der Waals surface area contributed by atoms with Gasteiger partial charge in [0.25, 0.3) is 11.6 Å². The minimum atomic E-state index is -0.454. The third-order valence-corrected chi connectivity index (χ3v) is 5.73. The Morgan fingerprint density at radius 3 is 2.55 bits per heavy atom. The van der Waals surface area contributed by atoms with Crippen LogP contribution in [0, 0.1) is 24.0 Å². The highest BCUT2D eigenvalue weighted by Crippen LogP contribution is 2.34. The molecule has 4 rings (SSSR count). The lowest BCUT2D eigenvalue weighted by molar-refractivity contribution is -0.384. The number of aryl methyl sites for hydroxylation is 2. The average molecular weight is 425 g/mol. The number of carbonyl (C=O) groups is 1. The second-order valence-electron chi connectivity index (χ2n) is 6.43. The first-order chi connectivity index (χ1) is 13.8. The predicted molar refractivity (Wildman–Crippen MR) is 116 cm³/mol. The summed E-state index contributed by atoms with van der Waals surface area (Å²) >= 11 is 6.61. The lowest BCUT2D eigenvalue weighted by atomic mass is 10.1. The van der Waals surface area contributed by atoms with Gasteiger partial charge in [0.05, 0.1) is 9.83 Å². The smallest absolute Gasteiger partial charge is 0.285 e. The molecular formula is C20H15N3O4S2. The summed E-state index contributed by atoms with van der Waals surface area (Å²) in [5.74, 6) is 0.719. The number of rotatable bonds is 4. The number of hydrogen-bond donors (Lipinski definition) is 0. The molecule has 0 radical (unpaired) electrons. The first-order valence-corrected chi connectivity index (χ1v) is 9.85. The quantitative estimate of drug-likeness (QED) is 0.258. The zero-order valence-electron chi connectivity index (χ0n) is 15.5.